The Morgan fingerprint density at radius 2 is 1.47 bits per heavy atom. The van der Waals surface area contributed by atoms with E-state index in [1.807, 2.05) is 11.9 Å². The lowest BCUT2D eigenvalue weighted by Crippen LogP contribution is -2.44. The maximum atomic E-state index is 12.2. The van der Waals surface area contributed by atoms with Crippen molar-refractivity contribution in [2.45, 2.75) is 76.7 Å². The monoisotopic (exact) mass is 266 g/mol. The molecular weight excluding hydrogens is 236 g/mol. The molecule has 3 heteroatoms. The van der Waals surface area contributed by atoms with Crippen LogP contribution in [0.2, 0.25) is 0 Å². The van der Waals surface area contributed by atoms with E-state index in [-0.39, 0.29) is 6.03 Å². The van der Waals surface area contributed by atoms with E-state index in [1.165, 1.54) is 70.6 Å². The van der Waals surface area contributed by atoms with Gasteiger partial charge in [0.1, 0.15) is 0 Å². The Morgan fingerprint density at radius 1 is 0.947 bits per heavy atom. The first kappa shape index (κ1) is 14.7. The average molecular weight is 266 g/mol. The Morgan fingerprint density at radius 3 is 2.11 bits per heavy atom. The van der Waals surface area contributed by atoms with Gasteiger partial charge in [0.15, 0.2) is 0 Å². The standard InChI is InChI=1S/C16H30N2O/c1-18(13-14-9-5-4-6-10-14)16(19)17-15-11-7-2-3-8-12-15/h14-15H,2-13H2,1H3,(H,17,19). The molecule has 0 heterocycles. The normalized spacial score (nSPS) is 22.8. The molecule has 0 aromatic heterocycles. The van der Waals surface area contributed by atoms with E-state index in [9.17, 15) is 4.79 Å². The van der Waals surface area contributed by atoms with Crippen molar-refractivity contribution in [2.75, 3.05) is 13.6 Å². The summed E-state index contributed by atoms with van der Waals surface area (Å²) in [6, 6.07) is 0.571. The van der Waals surface area contributed by atoms with Gasteiger partial charge in [0.05, 0.1) is 0 Å². The quantitative estimate of drug-likeness (QED) is 0.771. The Labute approximate surface area is 118 Å². The molecule has 2 aliphatic carbocycles. The van der Waals surface area contributed by atoms with E-state index in [4.69, 9.17) is 0 Å². The van der Waals surface area contributed by atoms with Crippen molar-refractivity contribution < 1.29 is 4.79 Å². The molecule has 2 fully saturated rings. The lowest BCUT2D eigenvalue weighted by molar-refractivity contribution is 0.187. The van der Waals surface area contributed by atoms with Crippen LogP contribution >= 0.6 is 0 Å². The molecule has 0 aliphatic heterocycles. The lowest BCUT2D eigenvalue weighted by Gasteiger charge is -2.28. The minimum absolute atomic E-state index is 0.150. The zero-order valence-corrected chi connectivity index (χ0v) is 12.5. The van der Waals surface area contributed by atoms with Crippen LogP contribution < -0.4 is 5.32 Å². The minimum Gasteiger partial charge on any atom is -0.335 e. The number of urea groups is 1. The molecule has 0 bridgehead atoms. The second-order valence-electron chi connectivity index (χ2n) is 6.52. The van der Waals surface area contributed by atoms with Gasteiger partial charge in [0.2, 0.25) is 0 Å². The van der Waals surface area contributed by atoms with Gasteiger partial charge in [-0.15, -0.1) is 0 Å². The summed E-state index contributed by atoms with van der Waals surface area (Å²) in [7, 11) is 1.96. The fourth-order valence-electron chi connectivity index (χ4n) is 3.55. The van der Waals surface area contributed by atoms with Crippen molar-refractivity contribution >= 4 is 6.03 Å². The minimum atomic E-state index is 0.150. The molecule has 0 aromatic rings. The first-order chi connectivity index (χ1) is 9.25. The predicted octanol–water partition coefficient (Wildman–Crippen LogP) is 3.93. The van der Waals surface area contributed by atoms with Crippen LogP contribution in [0.1, 0.15) is 70.6 Å². The van der Waals surface area contributed by atoms with Gasteiger partial charge in [0, 0.05) is 19.6 Å². The van der Waals surface area contributed by atoms with Crippen LogP contribution in [0.4, 0.5) is 4.79 Å². The molecule has 0 atom stereocenters. The molecule has 0 radical (unpaired) electrons. The van der Waals surface area contributed by atoms with E-state index in [1.54, 1.807) is 0 Å². The van der Waals surface area contributed by atoms with Crippen molar-refractivity contribution in [1.82, 2.24) is 10.2 Å². The molecule has 3 nitrogen and oxygen atoms in total. The first-order valence-electron chi connectivity index (χ1n) is 8.27. The number of carbonyl (C=O) groups excluding carboxylic acids is 1. The lowest BCUT2D eigenvalue weighted by atomic mass is 9.89. The summed E-state index contributed by atoms with van der Waals surface area (Å²) in [5.41, 5.74) is 0. The fourth-order valence-corrected chi connectivity index (χ4v) is 3.55. The summed E-state index contributed by atoms with van der Waals surface area (Å²) >= 11 is 0. The Kier molecular flexibility index (Phi) is 5.99. The van der Waals surface area contributed by atoms with Gasteiger partial charge < -0.3 is 10.2 Å². The van der Waals surface area contributed by atoms with Gasteiger partial charge in [-0.2, -0.15) is 0 Å². The van der Waals surface area contributed by atoms with E-state index >= 15 is 0 Å². The van der Waals surface area contributed by atoms with E-state index in [0.29, 0.717) is 6.04 Å². The van der Waals surface area contributed by atoms with Gasteiger partial charge in [-0.1, -0.05) is 44.9 Å². The number of nitrogens with one attached hydrogen (secondary N) is 1. The van der Waals surface area contributed by atoms with Gasteiger partial charge in [-0.3, -0.25) is 0 Å². The molecule has 1 N–H and O–H groups in total. The summed E-state index contributed by atoms with van der Waals surface area (Å²) in [6.45, 7) is 0.943. The van der Waals surface area contributed by atoms with Crippen LogP contribution in [0.25, 0.3) is 0 Å². The molecule has 110 valence electrons. The third-order valence-electron chi connectivity index (χ3n) is 4.79. The van der Waals surface area contributed by atoms with Crippen molar-refractivity contribution in [3.05, 3.63) is 0 Å². The maximum absolute atomic E-state index is 12.2. The Balaban J connectivity index is 1.71. The SMILES string of the molecule is CN(CC1CCCCC1)C(=O)NC1CCCCCC1. The fraction of sp³-hybridized carbons (Fsp3) is 0.938. The van der Waals surface area contributed by atoms with Gasteiger partial charge in [0.25, 0.3) is 0 Å². The number of nitrogens with zero attached hydrogens (tertiary/aromatic N) is 1. The molecule has 2 saturated carbocycles. The summed E-state index contributed by atoms with van der Waals surface area (Å²) in [6.07, 6.45) is 14.3. The van der Waals surface area contributed by atoms with E-state index < -0.39 is 0 Å². The van der Waals surface area contributed by atoms with Crippen LogP contribution in [0.3, 0.4) is 0 Å². The van der Waals surface area contributed by atoms with Crippen LogP contribution in [0.5, 0.6) is 0 Å². The van der Waals surface area contributed by atoms with Gasteiger partial charge in [-0.25, -0.2) is 4.79 Å². The topological polar surface area (TPSA) is 32.3 Å². The van der Waals surface area contributed by atoms with Gasteiger partial charge >= 0.3 is 6.03 Å². The van der Waals surface area contributed by atoms with Crippen LogP contribution in [-0.4, -0.2) is 30.6 Å². The van der Waals surface area contributed by atoms with Crippen LogP contribution in [-0.2, 0) is 0 Å². The highest BCUT2D eigenvalue weighted by Crippen LogP contribution is 2.24. The highest BCUT2D eigenvalue weighted by atomic mass is 16.2. The maximum Gasteiger partial charge on any atom is 0.317 e. The number of rotatable bonds is 3. The predicted molar refractivity (Wildman–Crippen MR) is 79.2 cm³/mol. The van der Waals surface area contributed by atoms with Crippen LogP contribution in [0, 0.1) is 5.92 Å². The third kappa shape index (κ3) is 5.04. The smallest absolute Gasteiger partial charge is 0.317 e. The molecule has 0 saturated heterocycles. The molecule has 0 spiro atoms. The molecule has 0 aromatic carbocycles. The van der Waals surface area contributed by atoms with Crippen molar-refractivity contribution in [1.29, 1.82) is 0 Å². The van der Waals surface area contributed by atoms with E-state index in [2.05, 4.69) is 5.32 Å². The van der Waals surface area contributed by atoms with E-state index in [0.717, 1.165) is 12.5 Å². The highest BCUT2D eigenvalue weighted by Gasteiger charge is 2.20. The first-order valence-corrected chi connectivity index (χ1v) is 8.27. The van der Waals surface area contributed by atoms with Gasteiger partial charge in [-0.05, 0) is 31.6 Å². The molecule has 0 unspecified atom stereocenters. The average Bonchev–Trinajstić information content (AvgIpc) is 2.68. The molecule has 2 rings (SSSR count). The molecule has 2 amide bonds. The van der Waals surface area contributed by atoms with Crippen LogP contribution in [0.15, 0.2) is 0 Å². The zero-order chi connectivity index (χ0) is 13.5. The molecule has 2 aliphatic rings. The number of amides is 2. The second-order valence-corrected chi connectivity index (χ2v) is 6.52. The summed E-state index contributed by atoms with van der Waals surface area (Å²) in [5, 5.41) is 3.24. The summed E-state index contributed by atoms with van der Waals surface area (Å²) < 4.78 is 0. The number of hydrogen-bond acceptors (Lipinski definition) is 1. The zero-order valence-electron chi connectivity index (χ0n) is 12.5. The van der Waals surface area contributed by atoms with Crippen molar-refractivity contribution in [3.63, 3.8) is 0 Å². The number of hydrogen-bond donors (Lipinski definition) is 1. The van der Waals surface area contributed by atoms with Crippen molar-refractivity contribution in [2.24, 2.45) is 5.92 Å². The highest BCUT2D eigenvalue weighted by molar-refractivity contribution is 5.74. The summed E-state index contributed by atoms with van der Waals surface area (Å²) in [4.78, 5) is 14.1. The third-order valence-corrected chi connectivity index (χ3v) is 4.79. The molecule has 19 heavy (non-hydrogen) atoms. The Hall–Kier alpha value is -0.730. The Bertz CT molecular complexity index is 266. The second kappa shape index (κ2) is 7.76. The molecular formula is C16H30N2O. The summed E-state index contributed by atoms with van der Waals surface area (Å²) in [5.74, 6) is 0.735. The number of carbonyl (C=O) groups is 1. The van der Waals surface area contributed by atoms with Crippen molar-refractivity contribution in [3.8, 4) is 0 Å². The largest absolute Gasteiger partial charge is 0.335 e.